The van der Waals surface area contributed by atoms with Crippen LogP contribution in [0.3, 0.4) is 0 Å². The van der Waals surface area contributed by atoms with Crippen LogP contribution in [0.1, 0.15) is 24.8 Å². The van der Waals surface area contributed by atoms with Gasteiger partial charge in [-0.1, -0.05) is 12.5 Å². The van der Waals surface area contributed by atoms with E-state index in [2.05, 4.69) is 10.3 Å². The Morgan fingerprint density at radius 3 is 2.65 bits per heavy atom. The van der Waals surface area contributed by atoms with E-state index in [1.165, 1.54) is 27.0 Å². The molecule has 1 saturated heterocycles. The van der Waals surface area contributed by atoms with Crippen LogP contribution in [0, 0.1) is 6.92 Å². The highest BCUT2D eigenvalue weighted by molar-refractivity contribution is 8.00. The van der Waals surface area contributed by atoms with Crippen molar-refractivity contribution in [1.82, 2.24) is 9.29 Å². The largest absolute Gasteiger partial charge is 0.309 e. The number of pyridine rings is 1. The lowest BCUT2D eigenvalue weighted by Gasteiger charge is -2.30. The fourth-order valence-electron chi connectivity index (χ4n) is 3.64. The second-order valence-corrected chi connectivity index (χ2v) is 10.6. The SMILES string of the molecule is Cc1ccc(NC(=O)CN2C(=O)CSc3ccc(S(=O)(=O)N4CCCCC4)cc32)nc1. The summed E-state index contributed by atoms with van der Waals surface area (Å²) in [5, 5.41) is 2.69. The number of sulfonamides is 1. The maximum absolute atomic E-state index is 13.1. The molecule has 0 spiro atoms. The Morgan fingerprint density at radius 1 is 1.16 bits per heavy atom. The average Bonchev–Trinajstić information content (AvgIpc) is 2.77. The molecule has 4 rings (SSSR count). The lowest BCUT2D eigenvalue weighted by molar-refractivity contribution is -0.120. The molecule has 1 fully saturated rings. The first-order valence-electron chi connectivity index (χ1n) is 10.1. The number of carbonyl (C=O) groups is 2. The summed E-state index contributed by atoms with van der Waals surface area (Å²) in [6, 6.07) is 8.34. The summed E-state index contributed by atoms with van der Waals surface area (Å²) in [7, 11) is -3.64. The van der Waals surface area contributed by atoms with Gasteiger partial charge in [0.1, 0.15) is 12.4 Å². The highest BCUT2D eigenvalue weighted by Crippen LogP contribution is 2.37. The van der Waals surface area contributed by atoms with Crippen molar-refractivity contribution in [2.75, 3.05) is 35.6 Å². The normalized spacial score (nSPS) is 17.3. The molecule has 1 aromatic heterocycles. The van der Waals surface area contributed by atoms with Crippen LogP contribution in [0.25, 0.3) is 0 Å². The summed E-state index contributed by atoms with van der Waals surface area (Å²) in [6.45, 7) is 2.69. The third kappa shape index (κ3) is 4.76. The summed E-state index contributed by atoms with van der Waals surface area (Å²) < 4.78 is 27.7. The van der Waals surface area contributed by atoms with E-state index in [-0.39, 0.29) is 23.1 Å². The van der Waals surface area contributed by atoms with Crippen LogP contribution >= 0.6 is 11.8 Å². The fraction of sp³-hybridized carbons (Fsp3) is 0.381. The molecule has 1 aromatic carbocycles. The molecule has 0 atom stereocenters. The number of aryl methyl sites for hydroxylation is 1. The molecule has 31 heavy (non-hydrogen) atoms. The number of fused-ring (bicyclic) bond motifs is 1. The number of hydrogen-bond acceptors (Lipinski definition) is 6. The number of nitrogens with one attached hydrogen (secondary N) is 1. The van der Waals surface area contributed by atoms with Crippen molar-refractivity contribution in [2.24, 2.45) is 0 Å². The molecule has 0 bridgehead atoms. The smallest absolute Gasteiger partial charge is 0.245 e. The molecule has 0 radical (unpaired) electrons. The van der Waals surface area contributed by atoms with E-state index in [4.69, 9.17) is 0 Å². The minimum atomic E-state index is -3.64. The van der Waals surface area contributed by atoms with Crippen molar-refractivity contribution in [1.29, 1.82) is 0 Å². The number of carbonyl (C=O) groups excluding carboxylic acids is 2. The highest BCUT2D eigenvalue weighted by atomic mass is 32.2. The van der Waals surface area contributed by atoms with Gasteiger partial charge in [0.05, 0.1) is 16.3 Å². The van der Waals surface area contributed by atoms with Crippen LogP contribution in [0.15, 0.2) is 46.3 Å². The van der Waals surface area contributed by atoms with Crippen LogP contribution in [0.5, 0.6) is 0 Å². The van der Waals surface area contributed by atoms with E-state index < -0.39 is 15.9 Å². The zero-order chi connectivity index (χ0) is 22.0. The number of thioether (sulfide) groups is 1. The van der Waals surface area contributed by atoms with Gasteiger partial charge in [0.15, 0.2) is 0 Å². The monoisotopic (exact) mass is 460 g/mol. The summed E-state index contributed by atoms with van der Waals surface area (Å²) in [5.41, 5.74) is 1.42. The van der Waals surface area contributed by atoms with Gasteiger partial charge >= 0.3 is 0 Å². The molecule has 2 aromatic rings. The van der Waals surface area contributed by atoms with Crippen molar-refractivity contribution in [3.05, 3.63) is 42.1 Å². The molecule has 0 aliphatic carbocycles. The number of anilines is 2. The average molecular weight is 461 g/mol. The van der Waals surface area contributed by atoms with Gasteiger partial charge in [0.2, 0.25) is 21.8 Å². The Balaban J connectivity index is 1.58. The van der Waals surface area contributed by atoms with Crippen LogP contribution in [0.4, 0.5) is 11.5 Å². The predicted molar refractivity (Wildman–Crippen MR) is 120 cm³/mol. The molecule has 2 aliphatic rings. The third-order valence-corrected chi connectivity index (χ3v) is 8.25. The van der Waals surface area contributed by atoms with Gasteiger partial charge < -0.3 is 10.2 Å². The lowest BCUT2D eigenvalue weighted by atomic mass is 10.2. The molecule has 164 valence electrons. The van der Waals surface area contributed by atoms with Gasteiger partial charge in [-0.05, 0) is 49.6 Å². The minimum Gasteiger partial charge on any atom is -0.309 e. The van der Waals surface area contributed by atoms with E-state index in [1.54, 1.807) is 24.4 Å². The van der Waals surface area contributed by atoms with Crippen molar-refractivity contribution >= 4 is 45.1 Å². The van der Waals surface area contributed by atoms with Gasteiger partial charge in [0.25, 0.3) is 0 Å². The number of piperidine rings is 1. The van der Waals surface area contributed by atoms with Gasteiger partial charge in [-0.25, -0.2) is 13.4 Å². The Labute approximate surface area is 186 Å². The van der Waals surface area contributed by atoms with E-state index in [9.17, 15) is 18.0 Å². The number of nitrogens with zero attached hydrogens (tertiary/aromatic N) is 3. The van der Waals surface area contributed by atoms with Crippen molar-refractivity contribution in [3.8, 4) is 0 Å². The summed E-state index contributed by atoms with van der Waals surface area (Å²) in [6.07, 6.45) is 4.36. The molecular weight excluding hydrogens is 436 g/mol. The van der Waals surface area contributed by atoms with Crippen molar-refractivity contribution in [2.45, 2.75) is 36.0 Å². The molecule has 0 saturated carbocycles. The first kappa shape index (κ1) is 21.8. The molecule has 8 nitrogen and oxygen atoms in total. The van der Waals surface area contributed by atoms with E-state index in [1.807, 2.05) is 13.0 Å². The van der Waals surface area contributed by atoms with Gasteiger partial charge in [-0.2, -0.15) is 4.31 Å². The van der Waals surface area contributed by atoms with E-state index in [0.29, 0.717) is 24.6 Å². The van der Waals surface area contributed by atoms with Crippen LogP contribution < -0.4 is 10.2 Å². The lowest BCUT2D eigenvalue weighted by Crippen LogP contribution is -2.41. The van der Waals surface area contributed by atoms with Gasteiger partial charge in [0, 0.05) is 24.2 Å². The predicted octanol–water partition coefficient (Wildman–Crippen LogP) is 2.64. The maximum Gasteiger partial charge on any atom is 0.245 e. The molecule has 1 N–H and O–H groups in total. The Morgan fingerprint density at radius 2 is 1.94 bits per heavy atom. The molecule has 10 heteroatoms. The zero-order valence-corrected chi connectivity index (χ0v) is 18.8. The summed E-state index contributed by atoms with van der Waals surface area (Å²) in [4.78, 5) is 31.6. The van der Waals surface area contributed by atoms with E-state index >= 15 is 0 Å². The second-order valence-electron chi connectivity index (χ2n) is 7.63. The third-order valence-electron chi connectivity index (χ3n) is 5.31. The number of hydrogen-bond donors (Lipinski definition) is 1. The second kappa shape index (κ2) is 8.97. The molecule has 2 aliphatic heterocycles. The van der Waals surface area contributed by atoms with E-state index in [0.717, 1.165) is 29.7 Å². The molecular formula is C21H24N4O4S2. The Hall–Kier alpha value is -2.43. The van der Waals surface area contributed by atoms with Crippen LogP contribution in [-0.2, 0) is 19.6 Å². The quantitative estimate of drug-likeness (QED) is 0.736. The number of amides is 2. The molecule has 0 unspecified atom stereocenters. The number of rotatable bonds is 5. The Kier molecular flexibility index (Phi) is 6.31. The fourth-order valence-corrected chi connectivity index (χ4v) is 6.09. The van der Waals surface area contributed by atoms with Gasteiger partial charge in [-0.3, -0.25) is 9.59 Å². The number of benzene rings is 1. The number of aromatic nitrogens is 1. The van der Waals surface area contributed by atoms with Crippen LogP contribution in [-0.4, -0.2) is 54.9 Å². The topological polar surface area (TPSA) is 99.7 Å². The van der Waals surface area contributed by atoms with Crippen LogP contribution in [0.2, 0.25) is 0 Å². The first-order chi connectivity index (χ1) is 14.8. The summed E-state index contributed by atoms with van der Waals surface area (Å²) in [5.74, 6) is -0.0404. The van der Waals surface area contributed by atoms with Crippen molar-refractivity contribution in [3.63, 3.8) is 0 Å². The molecule has 3 heterocycles. The molecule has 2 amide bonds. The summed E-state index contributed by atoms with van der Waals surface area (Å²) >= 11 is 1.34. The maximum atomic E-state index is 13.1. The standard InChI is InChI=1S/C21H24N4O4S2/c1-15-5-8-19(22-12-15)23-20(26)13-25-17-11-16(6-7-18(17)30-14-21(25)27)31(28,29)24-9-3-2-4-10-24/h5-8,11-12H,2-4,9-10,13-14H2,1H3,(H,22,23,26). The van der Waals surface area contributed by atoms with Crippen molar-refractivity contribution < 1.29 is 18.0 Å². The highest BCUT2D eigenvalue weighted by Gasteiger charge is 2.31. The Bertz CT molecular complexity index is 1100. The zero-order valence-electron chi connectivity index (χ0n) is 17.2. The first-order valence-corrected chi connectivity index (χ1v) is 12.6. The minimum absolute atomic E-state index is 0.147. The van der Waals surface area contributed by atoms with Gasteiger partial charge in [-0.15, -0.1) is 11.8 Å².